The van der Waals surface area contributed by atoms with Crippen molar-refractivity contribution in [2.24, 2.45) is 0 Å². The van der Waals surface area contributed by atoms with E-state index in [1.807, 2.05) is 35.6 Å². The fourth-order valence-corrected chi connectivity index (χ4v) is 1.97. The van der Waals surface area contributed by atoms with Crippen LogP contribution in [0, 0.1) is 0 Å². The molecule has 0 saturated heterocycles. The van der Waals surface area contributed by atoms with Gasteiger partial charge >= 0.3 is 12.0 Å². The molecule has 2 N–H and O–H groups in total. The number of amides is 3. The van der Waals surface area contributed by atoms with E-state index in [0.717, 1.165) is 16.5 Å². The number of nitrogens with one attached hydrogen (secondary N) is 2. The number of carbonyl (C=O) groups excluding carboxylic acids is 3. The van der Waals surface area contributed by atoms with Crippen LogP contribution in [0.1, 0.15) is 12.5 Å². The Hall–Kier alpha value is -3.22. The van der Waals surface area contributed by atoms with E-state index >= 15 is 0 Å². The number of aromatic nitrogens is 1. The number of esters is 1. The Bertz CT molecular complexity index is 781. The van der Waals surface area contributed by atoms with Crippen molar-refractivity contribution in [1.82, 2.24) is 15.6 Å². The number of nitrogens with zero attached hydrogens (tertiary/aromatic N) is 1. The van der Waals surface area contributed by atoms with Gasteiger partial charge in [0.1, 0.15) is 0 Å². The third-order valence-corrected chi connectivity index (χ3v) is 3.00. The second-order valence-corrected chi connectivity index (χ2v) is 4.77. The van der Waals surface area contributed by atoms with Crippen molar-refractivity contribution in [3.05, 3.63) is 48.2 Å². The van der Waals surface area contributed by atoms with Crippen LogP contribution in [0.4, 0.5) is 4.79 Å². The van der Waals surface area contributed by atoms with Gasteiger partial charge in [0.15, 0.2) is 6.61 Å². The lowest BCUT2D eigenvalue weighted by atomic mass is 10.1. The largest absolute Gasteiger partial charge is 0.452 e. The average Bonchev–Trinajstić information content (AvgIpc) is 2.58. The molecule has 1 aromatic carbocycles. The fourth-order valence-electron chi connectivity index (χ4n) is 1.97. The zero-order chi connectivity index (χ0) is 17.4. The maximum absolute atomic E-state index is 11.7. The molecule has 0 atom stereocenters. The Balaban J connectivity index is 1.91. The van der Waals surface area contributed by atoms with Crippen LogP contribution in [-0.4, -0.2) is 36.0 Å². The van der Waals surface area contributed by atoms with Crippen molar-refractivity contribution in [3.8, 4) is 0 Å². The van der Waals surface area contributed by atoms with Crippen molar-refractivity contribution in [3.63, 3.8) is 0 Å². The number of benzene rings is 1. The standard InChI is InChI=1S/C17H17N3O4/c1-2-18-17(23)20-14(21)11-24-15(22)9-8-13-6-3-5-12-7-4-10-19-16(12)13/h3-10H,2,11H2,1H3,(H2,18,20,21,23)/b9-8+. The second kappa shape index (κ2) is 8.42. The number of carbonyl (C=O) groups is 3. The average molecular weight is 327 g/mol. The number of urea groups is 1. The summed E-state index contributed by atoms with van der Waals surface area (Å²) in [6.07, 6.45) is 4.45. The molecule has 24 heavy (non-hydrogen) atoms. The zero-order valence-electron chi connectivity index (χ0n) is 13.1. The van der Waals surface area contributed by atoms with Gasteiger partial charge in [-0.2, -0.15) is 0 Å². The summed E-state index contributed by atoms with van der Waals surface area (Å²) in [6, 6.07) is 8.72. The maximum Gasteiger partial charge on any atom is 0.331 e. The quantitative estimate of drug-likeness (QED) is 0.643. The predicted molar refractivity (Wildman–Crippen MR) is 89.0 cm³/mol. The summed E-state index contributed by atoms with van der Waals surface area (Å²) in [6.45, 7) is 1.58. The van der Waals surface area contributed by atoms with Gasteiger partial charge in [-0.3, -0.25) is 15.1 Å². The normalized spacial score (nSPS) is 10.5. The van der Waals surface area contributed by atoms with Crippen LogP contribution in [0.2, 0.25) is 0 Å². The molecule has 3 amide bonds. The number of fused-ring (bicyclic) bond motifs is 1. The highest BCUT2D eigenvalue weighted by molar-refractivity contribution is 5.97. The van der Waals surface area contributed by atoms with Crippen LogP contribution in [0.3, 0.4) is 0 Å². The molecular formula is C17H17N3O4. The number of hydrogen-bond donors (Lipinski definition) is 2. The van der Waals surface area contributed by atoms with Gasteiger partial charge in [0.05, 0.1) is 5.52 Å². The van der Waals surface area contributed by atoms with E-state index < -0.39 is 24.5 Å². The minimum atomic E-state index is -0.700. The molecular weight excluding hydrogens is 310 g/mol. The number of rotatable bonds is 5. The molecule has 124 valence electrons. The van der Waals surface area contributed by atoms with Crippen molar-refractivity contribution in [2.45, 2.75) is 6.92 Å². The molecule has 1 heterocycles. The van der Waals surface area contributed by atoms with Gasteiger partial charge in [-0.15, -0.1) is 0 Å². The first-order valence-electron chi connectivity index (χ1n) is 7.36. The molecule has 0 fully saturated rings. The molecule has 0 saturated carbocycles. The van der Waals surface area contributed by atoms with E-state index in [1.165, 1.54) is 6.08 Å². The number of pyridine rings is 1. The third-order valence-electron chi connectivity index (χ3n) is 3.00. The summed E-state index contributed by atoms with van der Waals surface area (Å²) >= 11 is 0. The topological polar surface area (TPSA) is 97.4 Å². The van der Waals surface area contributed by atoms with Crippen LogP contribution in [0.15, 0.2) is 42.6 Å². The van der Waals surface area contributed by atoms with Crippen LogP contribution >= 0.6 is 0 Å². The van der Waals surface area contributed by atoms with Crippen molar-refractivity contribution < 1.29 is 19.1 Å². The highest BCUT2D eigenvalue weighted by atomic mass is 16.5. The molecule has 2 aromatic rings. The van der Waals surface area contributed by atoms with Crippen LogP contribution in [-0.2, 0) is 14.3 Å². The van der Waals surface area contributed by atoms with E-state index in [0.29, 0.717) is 6.54 Å². The molecule has 0 aliphatic heterocycles. The van der Waals surface area contributed by atoms with Gasteiger partial charge in [-0.05, 0) is 19.1 Å². The smallest absolute Gasteiger partial charge is 0.331 e. The number of imide groups is 1. The predicted octanol–water partition coefficient (Wildman–Crippen LogP) is 1.64. The van der Waals surface area contributed by atoms with Crippen LogP contribution < -0.4 is 10.6 Å². The highest BCUT2D eigenvalue weighted by Gasteiger charge is 2.08. The Morgan fingerprint density at radius 1 is 1.21 bits per heavy atom. The van der Waals surface area contributed by atoms with E-state index in [2.05, 4.69) is 10.3 Å². The summed E-state index contributed by atoms with van der Waals surface area (Å²) < 4.78 is 4.78. The Morgan fingerprint density at radius 2 is 2.00 bits per heavy atom. The van der Waals surface area contributed by atoms with Gasteiger partial charge in [-0.1, -0.05) is 24.3 Å². The zero-order valence-corrected chi connectivity index (χ0v) is 13.1. The van der Waals surface area contributed by atoms with E-state index in [4.69, 9.17) is 4.74 Å². The highest BCUT2D eigenvalue weighted by Crippen LogP contribution is 2.17. The molecule has 7 heteroatoms. The molecule has 0 radical (unpaired) electrons. The Kier molecular flexibility index (Phi) is 6.01. The summed E-state index contributed by atoms with van der Waals surface area (Å²) in [5.74, 6) is -1.39. The Labute approximate surface area is 138 Å². The lowest BCUT2D eigenvalue weighted by Gasteiger charge is -2.04. The van der Waals surface area contributed by atoms with Gasteiger partial charge in [0, 0.05) is 29.8 Å². The molecule has 0 unspecified atom stereocenters. The van der Waals surface area contributed by atoms with Crippen molar-refractivity contribution in [1.29, 1.82) is 0 Å². The molecule has 0 bridgehead atoms. The monoisotopic (exact) mass is 327 g/mol. The first-order chi connectivity index (χ1) is 11.6. The molecule has 0 aliphatic carbocycles. The lowest BCUT2D eigenvalue weighted by molar-refractivity contribution is -0.143. The van der Waals surface area contributed by atoms with Crippen LogP contribution in [0.5, 0.6) is 0 Å². The minimum absolute atomic E-state index is 0.390. The fraction of sp³-hybridized carbons (Fsp3) is 0.176. The Morgan fingerprint density at radius 3 is 2.79 bits per heavy atom. The number of ether oxygens (including phenoxy) is 1. The van der Waals surface area contributed by atoms with Gasteiger partial charge in [0.25, 0.3) is 5.91 Å². The van der Waals surface area contributed by atoms with Gasteiger partial charge in [0.2, 0.25) is 0 Å². The van der Waals surface area contributed by atoms with E-state index in [-0.39, 0.29) is 0 Å². The molecule has 1 aromatic heterocycles. The van der Waals surface area contributed by atoms with Crippen LogP contribution in [0.25, 0.3) is 17.0 Å². The molecule has 7 nitrogen and oxygen atoms in total. The number of hydrogen-bond acceptors (Lipinski definition) is 5. The maximum atomic E-state index is 11.7. The van der Waals surface area contributed by atoms with Gasteiger partial charge < -0.3 is 10.1 Å². The van der Waals surface area contributed by atoms with E-state index in [1.54, 1.807) is 19.2 Å². The SMILES string of the molecule is CCNC(=O)NC(=O)COC(=O)/C=C/c1cccc2cccnc12. The lowest BCUT2D eigenvalue weighted by Crippen LogP contribution is -2.41. The first-order valence-corrected chi connectivity index (χ1v) is 7.36. The summed E-state index contributed by atoms with van der Waals surface area (Å²) in [7, 11) is 0. The summed E-state index contributed by atoms with van der Waals surface area (Å²) in [5, 5.41) is 5.38. The third kappa shape index (κ3) is 4.91. The molecule has 0 aliphatic rings. The second-order valence-electron chi connectivity index (χ2n) is 4.77. The van der Waals surface area contributed by atoms with Crippen molar-refractivity contribution >= 4 is 34.9 Å². The first kappa shape index (κ1) is 17.1. The van der Waals surface area contributed by atoms with Crippen molar-refractivity contribution in [2.75, 3.05) is 13.2 Å². The minimum Gasteiger partial charge on any atom is -0.452 e. The van der Waals surface area contributed by atoms with E-state index in [9.17, 15) is 14.4 Å². The number of para-hydroxylation sites is 1. The molecule has 2 rings (SSSR count). The van der Waals surface area contributed by atoms with Gasteiger partial charge in [-0.25, -0.2) is 9.59 Å². The summed E-state index contributed by atoms with van der Waals surface area (Å²) in [5.41, 5.74) is 1.52. The summed E-state index contributed by atoms with van der Waals surface area (Å²) in [4.78, 5) is 38.5. The molecule has 0 spiro atoms.